The van der Waals surface area contributed by atoms with E-state index < -0.39 is 0 Å². The lowest BCUT2D eigenvalue weighted by molar-refractivity contribution is 0.375. The van der Waals surface area contributed by atoms with Crippen molar-refractivity contribution in [3.05, 3.63) is 56.8 Å². The molecule has 2 nitrogen and oxygen atoms in total. The first-order chi connectivity index (χ1) is 12.7. The van der Waals surface area contributed by atoms with Crippen LogP contribution in [-0.2, 0) is 0 Å². The van der Waals surface area contributed by atoms with E-state index in [1.54, 1.807) is 18.3 Å². The second-order valence-corrected chi connectivity index (χ2v) is 9.12. The zero-order valence-electron chi connectivity index (χ0n) is 16.2. The van der Waals surface area contributed by atoms with Crippen LogP contribution in [0.4, 0.5) is 15.8 Å². The molecule has 1 atom stereocenters. The van der Waals surface area contributed by atoms with Crippen LogP contribution in [0, 0.1) is 5.82 Å². The topological polar surface area (TPSA) is 15.6 Å². The second kappa shape index (κ2) is 7.92. The fourth-order valence-corrected chi connectivity index (χ4v) is 4.40. The predicted molar refractivity (Wildman–Crippen MR) is 118 cm³/mol. The van der Waals surface area contributed by atoms with Gasteiger partial charge in [0.25, 0.3) is 0 Å². The summed E-state index contributed by atoms with van der Waals surface area (Å²) in [6.45, 7) is 9.79. The van der Waals surface area contributed by atoms with Gasteiger partial charge in [-0.3, -0.25) is 4.99 Å². The maximum Gasteiger partial charge on any atom is 0.134 e. The van der Waals surface area contributed by atoms with Crippen LogP contribution >= 0.6 is 27.5 Å². The number of aliphatic imine (C=N–C) groups is 1. The summed E-state index contributed by atoms with van der Waals surface area (Å²) in [5.74, 6) is 0.129. The molecule has 2 aromatic rings. The van der Waals surface area contributed by atoms with Gasteiger partial charge in [0.15, 0.2) is 0 Å². The minimum atomic E-state index is -0.244. The molecule has 0 N–H and O–H groups in total. The highest BCUT2D eigenvalue weighted by Gasteiger charge is 2.36. The van der Waals surface area contributed by atoms with Gasteiger partial charge in [-0.1, -0.05) is 25.4 Å². The minimum Gasteiger partial charge on any atom is -0.366 e. The largest absolute Gasteiger partial charge is 0.366 e. The number of benzene rings is 2. The lowest BCUT2D eigenvalue weighted by atomic mass is 9.79. The highest BCUT2D eigenvalue weighted by molar-refractivity contribution is 9.10. The van der Waals surface area contributed by atoms with E-state index in [1.165, 1.54) is 5.56 Å². The first-order valence-electron chi connectivity index (χ1n) is 9.33. The number of hydrogen-bond donors (Lipinski definition) is 0. The standard InChI is InChI=1S/C22H25BrClFN2/c1-5-8-27-21-11-20(25)15(9-17(21)14(2)12-22(27,3)4)13-26-16-6-7-18(23)19(24)10-16/h6-7,9-11,13-14H,5,8,12H2,1-4H3. The molecule has 1 aliphatic heterocycles. The third-order valence-electron chi connectivity index (χ3n) is 5.21. The summed E-state index contributed by atoms with van der Waals surface area (Å²) in [4.78, 5) is 6.76. The first-order valence-corrected chi connectivity index (χ1v) is 10.5. The minimum absolute atomic E-state index is 0.0264. The molecular weight excluding hydrogens is 427 g/mol. The van der Waals surface area contributed by atoms with Crippen LogP contribution in [0.2, 0.25) is 5.02 Å². The van der Waals surface area contributed by atoms with Gasteiger partial charge in [0.2, 0.25) is 0 Å². The van der Waals surface area contributed by atoms with Crippen molar-refractivity contribution in [3.63, 3.8) is 0 Å². The average molecular weight is 452 g/mol. The van der Waals surface area contributed by atoms with Crippen LogP contribution in [0.15, 0.2) is 39.8 Å². The number of hydrogen-bond acceptors (Lipinski definition) is 2. The number of nitrogens with zero attached hydrogens (tertiary/aromatic N) is 2. The summed E-state index contributed by atoms with van der Waals surface area (Å²) < 4.78 is 15.7. The molecule has 144 valence electrons. The van der Waals surface area contributed by atoms with Crippen LogP contribution in [-0.4, -0.2) is 18.3 Å². The van der Waals surface area contributed by atoms with Gasteiger partial charge >= 0.3 is 0 Å². The van der Waals surface area contributed by atoms with E-state index >= 15 is 0 Å². The van der Waals surface area contributed by atoms with E-state index in [0.29, 0.717) is 22.2 Å². The van der Waals surface area contributed by atoms with Gasteiger partial charge in [0.05, 0.1) is 10.7 Å². The third-order valence-corrected chi connectivity index (χ3v) is 6.44. The van der Waals surface area contributed by atoms with Crippen molar-refractivity contribution in [1.29, 1.82) is 0 Å². The molecular formula is C22H25BrClFN2. The molecule has 0 amide bonds. The monoisotopic (exact) mass is 450 g/mol. The Kier molecular flexibility index (Phi) is 5.97. The van der Waals surface area contributed by atoms with Gasteiger partial charge in [-0.25, -0.2) is 4.39 Å². The molecule has 27 heavy (non-hydrogen) atoms. The van der Waals surface area contributed by atoms with E-state index in [1.807, 2.05) is 18.2 Å². The van der Waals surface area contributed by atoms with Gasteiger partial charge < -0.3 is 4.90 Å². The zero-order valence-corrected chi connectivity index (χ0v) is 18.5. The van der Waals surface area contributed by atoms with Crippen molar-refractivity contribution >= 4 is 45.1 Å². The van der Waals surface area contributed by atoms with Gasteiger partial charge in [-0.05, 0) is 84.4 Å². The van der Waals surface area contributed by atoms with Crippen molar-refractivity contribution in [2.24, 2.45) is 4.99 Å². The lowest BCUT2D eigenvalue weighted by Gasteiger charge is -2.47. The van der Waals surface area contributed by atoms with Crippen molar-refractivity contribution in [3.8, 4) is 0 Å². The summed E-state index contributed by atoms with van der Waals surface area (Å²) in [5, 5.41) is 0.585. The predicted octanol–water partition coefficient (Wildman–Crippen LogP) is 7.49. The number of fused-ring (bicyclic) bond motifs is 1. The van der Waals surface area contributed by atoms with E-state index in [-0.39, 0.29) is 11.4 Å². The summed E-state index contributed by atoms with van der Waals surface area (Å²) >= 11 is 9.48. The van der Waals surface area contributed by atoms with E-state index in [2.05, 4.69) is 53.5 Å². The van der Waals surface area contributed by atoms with E-state index in [4.69, 9.17) is 11.6 Å². The molecule has 2 aromatic carbocycles. The maximum atomic E-state index is 14.9. The Bertz CT molecular complexity index is 879. The molecule has 5 heteroatoms. The highest BCUT2D eigenvalue weighted by atomic mass is 79.9. The van der Waals surface area contributed by atoms with Crippen LogP contribution in [0.1, 0.15) is 57.6 Å². The quantitative estimate of drug-likeness (QED) is 0.439. The van der Waals surface area contributed by atoms with Crippen molar-refractivity contribution in [2.45, 2.75) is 52.0 Å². The summed E-state index contributed by atoms with van der Waals surface area (Å²) in [6.07, 6.45) is 3.67. The lowest BCUT2D eigenvalue weighted by Crippen LogP contribution is -2.48. The molecule has 0 radical (unpaired) electrons. The molecule has 0 fully saturated rings. The van der Waals surface area contributed by atoms with Crippen LogP contribution in [0.25, 0.3) is 0 Å². The summed E-state index contributed by atoms with van der Waals surface area (Å²) in [7, 11) is 0. The normalized spacial score (nSPS) is 18.8. The van der Waals surface area contributed by atoms with Gasteiger partial charge in [-0.2, -0.15) is 0 Å². The number of halogens is 3. The maximum absolute atomic E-state index is 14.9. The van der Waals surface area contributed by atoms with Gasteiger partial charge in [0, 0.05) is 34.0 Å². The Morgan fingerprint density at radius 3 is 2.74 bits per heavy atom. The van der Waals surface area contributed by atoms with Crippen LogP contribution in [0.3, 0.4) is 0 Å². The Hall–Kier alpha value is -1.39. The Morgan fingerprint density at radius 2 is 2.07 bits per heavy atom. The molecule has 0 aromatic heterocycles. The second-order valence-electron chi connectivity index (χ2n) is 7.86. The Labute approximate surface area is 174 Å². The van der Waals surface area contributed by atoms with Crippen LogP contribution < -0.4 is 4.90 Å². The fourth-order valence-electron chi connectivity index (χ4n) is 3.98. The average Bonchev–Trinajstić information content (AvgIpc) is 2.59. The third kappa shape index (κ3) is 4.22. The molecule has 1 unspecified atom stereocenters. The summed E-state index contributed by atoms with van der Waals surface area (Å²) in [5.41, 5.74) is 3.44. The smallest absolute Gasteiger partial charge is 0.134 e. The molecule has 3 rings (SSSR count). The zero-order chi connectivity index (χ0) is 19.8. The van der Waals surface area contributed by atoms with Crippen LogP contribution in [0.5, 0.6) is 0 Å². The first kappa shape index (κ1) is 20.3. The fraction of sp³-hybridized carbons (Fsp3) is 0.409. The Morgan fingerprint density at radius 1 is 1.33 bits per heavy atom. The van der Waals surface area contributed by atoms with E-state index in [0.717, 1.165) is 29.5 Å². The molecule has 0 saturated carbocycles. The van der Waals surface area contributed by atoms with Gasteiger partial charge in [0.1, 0.15) is 5.82 Å². The molecule has 1 heterocycles. The summed E-state index contributed by atoms with van der Waals surface area (Å²) in [6, 6.07) is 9.07. The van der Waals surface area contributed by atoms with Gasteiger partial charge in [-0.15, -0.1) is 0 Å². The SMILES string of the molecule is CCCN1c2cc(F)c(C=Nc3ccc(Br)c(Cl)c3)cc2C(C)CC1(C)C. The van der Waals surface area contributed by atoms with Crippen molar-refractivity contribution in [1.82, 2.24) is 0 Å². The molecule has 0 spiro atoms. The Balaban J connectivity index is 1.99. The van der Waals surface area contributed by atoms with Crippen molar-refractivity contribution in [2.75, 3.05) is 11.4 Å². The van der Waals surface area contributed by atoms with E-state index in [9.17, 15) is 4.39 Å². The molecule has 1 aliphatic rings. The number of rotatable bonds is 4. The molecule has 0 aliphatic carbocycles. The highest BCUT2D eigenvalue weighted by Crippen LogP contribution is 2.44. The molecule has 0 saturated heterocycles. The number of anilines is 1. The van der Waals surface area contributed by atoms with Crippen molar-refractivity contribution < 1.29 is 4.39 Å². The molecule has 0 bridgehead atoms.